The molecule has 1 aliphatic rings. The Morgan fingerprint density at radius 3 is 2.64 bits per heavy atom. The van der Waals surface area contributed by atoms with Crippen LogP contribution in [0.25, 0.3) is 0 Å². The number of hydrogen-bond donors (Lipinski definition) is 0. The smallest absolute Gasteiger partial charge is 0.110 e. The van der Waals surface area contributed by atoms with Crippen molar-refractivity contribution in [2.75, 3.05) is 0 Å². The first-order valence-electron chi connectivity index (χ1n) is 4.03. The van der Waals surface area contributed by atoms with E-state index < -0.39 is 0 Å². The number of epoxide rings is 1. The van der Waals surface area contributed by atoms with Gasteiger partial charge in [0.25, 0.3) is 0 Å². The number of allylic oxidation sites excluding steroid dienone is 1. The van der Waals surface area contributed by atoms with Gasteiger partial charge in [0.2, 0.25) is 0 Å². The molecule has 1 heteroatoms. The van der Waals surface area contributed by atoms with Crippen LogP contribution in [0.3, 0.4) is 0 Å². The highest BCUT2D eigenvalue weighted by Gasteiger charge is 2.48. The second-order valence-electron chi connectivity index (χ2n) is 3.51. The standard InChI is InChI=1S/C10H16O/c1-5-10(4)9(11-10)7-6-8(2)3/h5-6,9H,1,7H2,2-4H3/t9-,10-/m0/s1. The third-order valence-electron chi connectivity index (χ3n) is 2.12. The lowest BCUT2D eigenvalue weighted by Crippen LogP contribution is -2.03. The van der Waals surface area contributed by atoms with Crippen LogP contribution in [0.5, 0.6) is 0 Å². The highest BCUT2D eigenvalue weighted by atomic mass is 16.6. The largest absolute Gasteiger partial charge is 0.362 e. The average Bonchev–Trinajstić information content (AvgIpc) is 2.59. The predicted molar refractivity (Wildman–Crippen MR) is 47.5 cm³/mol. The molecule has 11 heavy (non-hydrogen) atoms. The lowest BCUT2D eigenvalue weighted by molar-refractivity contribution is 0.343. The molecular formula is C10H16O. The van der Waals surface area contributed by atoms with Gasteiger partial charge in [-0.3, -0.25) is 0 Å². The fraction of sp³-hybridized carbons (Fsp3) is 0.600. The van der Waals surface area contributed by atoms with Gasteiger partial charge in [-0.15, -0.1) is 6.58 Å². The molecule has 0 unspecified atom stereocenters. The lowest BCUT2D eigenvalue weighted by Gasteiger charge is -1.94. The second kappa shape index (κ2) is 2.82. The van der Waals surface area contributed by atoms with Crippen LogP contribution in [0.1, 0.15) is 27.2 Å². The first-order chi connectivity index (χ1) is 5.08. The van der Waals surface area contributed by atoms with Crippen molar-refractivity contribution in [2.24, 2.45) is 0 Å². The Morgan fingerprint density at radius 2 is 2.27 bits per heavy atom. The number of ether oxygens (including phenoxy) is 1. The van der Waals surface area contributed by atoms with Crippen molar-refractivity contribution in [1.29, 1.82) is 0 Å². The molecule has 0 spiro atoms. The molecule has 0 radical (unpaired) electrons. The summed E-state index contributed by atoms with van der Waals surface area (Å²) in [6, 6.07) is 0. The molecule has 0 saturated carbocycles. The Hall–Kier alpha value is -0.560. The van der Waals surface area contributed by atoms with E-state index >= 15 is 0 Å². The Kier molecular flexibility index (Phi) is 2.19. The molecular weight excluding hydrogens is 136 g/mol. The van der Waals surface area contributed by atoms with Crippen LogP contribution >= 0.6 is 0 Å². The van der Waals surface area contributed by atoms with Crippen molar-refractivity contribution in [3.8, 4) is 0 Å². The Bertz CT molecular complexity index is 189. The van der Waals surface area contributed by atoms with Crippen LogP contribution in [0.2, 0.25) is 0 Å². The minimum absolute atomic E-state index is 0.0358. The summed E-state index contributed by atoms with van der Waals surface area (Å²) in [4.78, 5) is 0. The third kappa shape index (κ3) is 1.93. The van der Waals surface area contributed by atoms with Crippen molar-refractivity contribution in [1.82, 2.24) is 0 Å². The van der Waals surface area contributed by atoms with Gasteiger partial charge in [0.05, 0.1) is 6.10 Å². The van der Waals surface area contributed by atoms with Crippen molar-refractivity contribution in [3.63, 3.8) is 0 Å². The van der Waals surface area contributed by atoms with Gasteiger partial charge in [-0.25, -0.2) is 0 Å². The lowest BCUT2D eigenvalue weighted by atomic mass is 10.1. The van der Waals surface area contributed by atoms with Gasteiger partial charge in [0.15, 0.2) is 0 Å². The molecule has 0 N–H and O–H groups in total. The molecule has 0 aliphatic carbocycles. The maximum atomic E-state index is 5.44. The predicted octanol–water partition coefficient (Wildman–Crippen LogP) is 2.69. The molecule has 0 bridgehead atoms. The van der Waals surface area contributed by atoms with E-state index in [0.29, 0.717) is 6.10 Å². The van der Waals surface area contributed by atoms with E-state index in [9.17, 15) is 0 Å². The Labute approximate surface area is 68.8 Å². The quantitative estimate of drug-likeness (QED) is 0.447. The summed E-state index contributed by atoms with van der Waals surface area (Å²) >= 11 is 0. The molecule has 2 atom stereocenters. The molecule has 0 aromatic rings. The fourth-order valence-corrected chi connectivity index (χ4v) is 1.08. The molecule has 0 amide bonds. The average molecular weight is 152 g/mol. The highest BCUT2D eigenvalue weighted by molar-refractivity contribution is 5.13. The van der Waals surface area contributed by atoms with E-state index in [4.69, 9.17) is 4.74 Å². The van der Waals surface area contributed by atoms with Crippen LogP contribution in [-0.4, -0.2) is 11.7 Å². The zero-order valence-corrected chi connectivity index (χ0v) is 7.55. The zero-order valence-electron chi connectivity index (χ0n) is 7.55. The second-order valence-corrected chi connectivity index (χ2v) is 3.51. The first kappa shape index (κ1) is 8.54. The number of rotatable bonds is 3. The van der Waals surface area contributed by atoms with Crippen molar-refractivity contribution in [2.45, 2.75) is 38.9 Å². The Balaban J connectivity index is 2.34. The van der Waals surface area contributed by atoms with Crippen LogP contribution in [0.15, 0.2) is 24.3 Å². The molecule has 0 aromatic carbocycles. The van der Waals surface area contributed by atoms with Gasteiger partial charge >= 0.3 is 0 Å². The van der Waals surface area contributed by atoms with Gasteiger partial charge in [-0.05, 0) is 27.2 Å². The highest BCUT2D eigenvalue weighted by Crippen LogP contribution is 2.39. The summed E-state index contributed by atoms with van der Waals surface area (Å²) in [6.45, 7) is 10.0. The first-order valence-corrected chi connectivity index (χ1v) is 4.03. The van der Waals surface area contributed by atoms with Gasteiger partial charge in [-0.1, -0.05) is 17.7 Å². The van der Waals surface area contributed by atoms with Crippen molar-refractivity contribution >= 4 is 0 Å². The molecule has 1 fully saturated rings. The van der Waals surface area contributed by atoms with Gasteiger partial charge < -0.3 is 4.74 Å². The topological polar surface area (TPSA) is 12.5 Å². The SMILES string of the molecule is C=C[C@]1(C)O[C@H]1CC=C(C)C. The van der Waals surface area contributed by atoms with E-state index in [1.165, 1.54) is 5.57 Å². The van der Waals surface area contributed by atoms with Crippen LogP contribution < -0.4 is 0 Å². The van der Waals surface area contributed by atoms with Crippen LogP contribution in [-0.2, 0) is 4.74 Å². The third-order valence-corrected chi connectivity index (χ3v) is 2.12. The molecule has 0 aromatic heterocycles. The molecule has 1 saturated heterocycles. The summed E-state index contributed by atoms with van der Waals surface area (Å²) in [7, 11) is 0. The van der Waals surface area contributed by atoms with Crippen molar-refractivity contribution in [3.05, 3.63) is 24.3 Å². The maximum Gasteiger partial charge on any atom is 0.110 e. The molecule has 62 valence electrons. The van der Waals surface area contributed by atoms with E-state index in [-0.39, 0.29) is 5.60 Å². The summed E-state index contributed by atoms with van der Waals surface area (Å²) in [6.07, 6.45) is 5.48. The van der Waals surface area contributed by atoms with Crippen LogP contribution in [0, 0.1) is 0 Å². The molecule has 1 heterocycles. The number of hydrogen-bond acceptors (Lipinski definition) is 1. The van der Waals surface area contributed by atoms with Gasteiger partial charge in [0, 0.05) is 0 Å². The summed E-state index contributed by atoms with van der Waals surface area (Å²) in [5.41, 5.74) is 1.32. The van der Waals surface area contributed by atoms with E-state index in [0.717, 1.165) is 6.42 Å². The van der Waals surface area contributed by atoms with E-state index in [2.05, 4.69) is 33.4 Å². The van der Waals surface area contributed by atoms with Gasteiger partial charge in [0.1, 0.15) is 5.60 Å². The van der Waals surface area contributed by atoms with Crippen LogP contribution in [0.4, 0.5) is 0 Å². The summed E-state index contributed by atoms with van der Waals surface area (Å²) < 4.78 is 5.44. The summed E-state index contributed by atoms with van der Waals surface area (Å²) in [5, 5.41) is 0. The fourth-order valence-electron chi connectivity index (χ4n) is 1.08. The minimum Gasteiger partial charge on any atom is -0.362 e. The van der Waals surface area contributed by atoms with E-state index in [1.54, 1.807) is 0 Å². The molecule has 1 rings (SSSR count). The minimum atomic E-state index is -0.0358. The monoisotopic (exact) mass is 152 g/mol. The normalized spacial score (nSPS) is 34.6. The van der Waals surface area contributed by atoms with E-state index in [1.807, 2.05) is 6.08 Å². The molecule has 1 nitrogen and oxygen atoms in total. The van der Waals surface area contributed by atoms with Crippen molar-refractivity contribution < 1.29 is 4.74 Å². The molecule has 1 aliphatic heterocycles. The zero-order chi connectivity index (χ0) is 8.48. The summed E-state index contributed by atoms with van der Waals surface area (Å²) in [5.74, 6) is 0. The Morgan fingerprint density at radius 1 is 1.64 bits per heavy atom. The van der Waals surface area contributed by atoms with Gasteiger partial charge in [-0.2, -0.15) is 0 Å². The maximum absolute atomic E-state index is 5.44.